The molecule has 8 nitrogen and oxygen atoms in total. The predicted molar refractivity (Wildman–Crippen MR) is 101 cm³/mol. The first-order valence-electron chi connectivity index (χ1n) is 9.36. The van der Waals surface area contributed by atoms with Gasteiger partial charge >= 0.3 is 5.66 Å². The summed E-state index contributed by atoms with van der Waals surface area (Å²) in [7, 11) is 0. The third-order valence-electron chi connectivity index (χ3n) is 5.43. The first-order valence-corrected chi connectivity index (χ1v) is 9.36. The number of carbonyl (C=O) groups is 1. The molecule has 0 N–H and O–H groups in total. The molecule has 2 aliphatic carbocycles. The number of ketones is 1. The van der Waals surface area contributed by atoms with Crippen LogP contribution in [0, 0.1) is 26.1 Å². The molecule has 1 fully saturated rings. The van der Waals surface area contributed by atoms with Crippen LogP contribution >= 0.6 is 0 Å². The molecule has 28 heavy (non-hydrogen) atoms. The zero-order valence-electron chi connectivity index (χ0n) is 15.3. The van der Waals surface area contributed by atoms with Crippen LogP contribution in [0.15, 0.2) is 54.6 Å². The quantitative estimate of drug-likeness (QED) is 0.306. The lowest BCUT2D eigenvalue weighted by Crippen LogP contribution is -2.57. The molecular weight excluding hydrogens is 364 g/mol. The Morgan fingerprint density at radius 2 is 1.68 bits per heavy atom. The van der Waals surface area contributed by atoms with Gasteiger partial charge in [0, 0.05) is 5.56 Å². The highest BCUT2D eigenvalue weighted by Crippen LogP contribution is 2.34. The molecule has 2 atom stereocenters. The van der Waals surface area contributed by atoms with Crippen molar-refractivity contribution in [3.63, 3.8) is 0 Å². The summed E-state index contributed by atoms with van der Waals surface area (Å²) in [5.74, 6) is -0.423. The number of ether oxygens (including phenoxy) is 1. The minimum atomic E-state index is -2.64. The average molecular weight is 386 g/mol. The fourth-order valence-corrected chi connectivity index (χ4v) is 3.89. The summed E-state index contributed by atoms with van der Waals surface area (Å²) in [5.41, 5.74) is -2.21. The van der Waals surface area contributed by atoms with Crippen molar-refractivity contribution in [3.05, 3.63) is 80.4 Å². The van der Waals surface area contributed by atoms with Gasteiger partial charge in [-0.2, -0.15) is 0 Å². The molecule has 0 aliphatic heterocycles. The lowest BCUT2D eigenvalue weighted by molar-refractivity contribution is -0.789. The summed E-state index contributed by atoms with van der Waals surface area (Å²) in [6.45, 7) is 0. The van der Waals surface area contributed by atoms with Crippen molar-refractivity contribution in [1.29, 1.82) is 0 Å². The van der Waals surface area contributed by atoms with Crippen LogP contribution < -0.4 is 0 Å². The number of Topliss-reactive ketones (excluding diaryl/α,β-unsaturated/α-hetero) is 1. The predicted octanol–water partition coefficient (Wildman–Crippen LogP) is 3.58. The van der Waals surface area contributed by atoms with Gasteiger partial charge in [0.2, 0.25) is 6.10 Å². The first kappa shape index (κ1) is 19.9. The molecule has 0 aromatic heterocycles. The van der Waals surface area contributed by atoms with Crippen molar-refractivity contribution in [2.75, 3.05) is 0 Å². The Morgan fingerprint density at radius 3 is 2.29 bits per heavy atom. The van der Waals surface area contributed by atoms with Crippen LogP contribution in [-0.2, 0) is 4.74 Å². The van der Waals surface area contributed by atoms with E-state index in [-0.39, 0.29) is 11.7 Å². The molecule has 0 radical (unpaired) electrons. The number of rotatable bonds is 7. The second kappa shape index (κ2) is 8.43. The van der Waals surface area contributed by atoms with Gasteiger partial charge in [0.25, 0.3) is 0 Å². The van der Waals surface area contributed by atoms with E-state index in [1.807, 2.05) is 0 Å². The lowest BCUT2D eigenvalue weighted by atomic mass is 9.82. The molecule has 0 amide bonds. The second-order valence-corrected chi connectivity index (χ2v) is 7.15. The Bertz CT molecular complexity index is 784. The Morgan fingerprint density at radius 1 is 1.04 bits per heavy atom. The minimum absolute atomic E-state index is 0.128. The molecule has 8 heteroatoms. The standard InChI is InChI=1S/C20H22N2O6/c23-18(15-9-3-1-4-10-15)19(16-11-5-2-6-12-16)28-17-13-7-8-14-20(17,21(24)25)22(26)27/h1,3-4,7-10,13-14,16-17,19H,2,5-6,11-12H2. The smallest absolute Gasteiger partial charge is 0.347 e. The van der Waals surface area contributed by atoms with Gasteiger partial charge in [-0.05, 0) is 24.8 Å². The average Bonchev–Trinajstić information content (AvgIpc) is 2.72. The van der Waals surface area contributed by atoms with Gasteiger partial charge in [-0.1, -0.05) is 61.7 Å². The maximum atomic E-state index is 13.2. The van der Waals surface area contributed by atoms with Crippen molar-refractivity contribution in [1.82, 2.24) is 0 Å². The second-order valence-electron chi connectivity index (χ2n) is 7.15. The van der Waals surface area contributed by atoms with Gasteiger partial charge in [0.05, 0.1) is 6.08 Å². The summed E-state index contributed by atoms with van der Waals surface area (Å²) in [6, 6.07) is 8.56. The SMILES string of the molecule is O=C(c1ccccc1)C(OC1C=CC=CC1([N+](=O)[O-])[N+](=O)[O-])C1CCCCC1. The van der Waals surface area contributed by atoms with Crippen molar-refractivity contribution in [2.24, 2.45) is 5.92 Å². The topological polar surface area (TPSA) is 113 Å². The highest BCUT2D eigenvalue weighted by molar-refractivity contribution is 5.99. The van der Waals surface area contributed by atoms with Crippen LogP contribution in [0.1, 0.15) is 42.5 Å². The van der Waals surface area contributed by atoms with Crippen LogP contribution in [0.25, 0.3) is 0 Å². The van der Waals surface area contributed by atoms with Gasteiger partial charge in [0.15, 0.2) is 5.78 Å². The summed E-state index contributed by atoms with van der Waals surface area (Å²) >= 11 is 0. The number of hydrogen-bond acceptors (Lipinski definition) is 6. The van der Waals surface area contributed by atoms with E-state index in [4.69, 9.17) is 4.74 Å². The van der Waals surface area contributed by atoms with Crippen LogP contribution in [0.5, 0.6) is 0 Å². The third kappa shape index (κ3) is 3.73. The van der Waals surface area contributed by atoms with Gasteiger partial charge in [-0.25, -0.2) is 0 Å². The Hall–Kier alpha value is -2.87. The lowest BCUT2D eigenvalue weighted by Gasteiger charge is -2.33. The fourth-order valence-electron chi connectivity index (χ4n) is 3.89. The maximum absolute atomic E-state index is 13.2. The summed E-state index contributed by atoms with van der Waals surface area (Å²) in [5, 5.41) is 23.3. The zero-order valence-corrected chi connectivity index (χ0v) is 15.3. The molecule has 3 rings (SSSR count). The summed E-state index contributed by atoms with van der Waals surface area (Å²) in [6.07, 6.45) is 6.93. The Labute approximate surface area is 162 Å². The molecule has 0 saturated heterocycles. The van der Waals surface area contributed by atoms with Crippen molar-refractivity contribution >= 4 is 5.78 Å². The molecule has 2 unspecified atom stereocenters. The highest BCUT2D eigenvalue weighted by atomic mass is 16.7. The van der Waals surface area contributed by atoms with E-state index >= 15 is 0 Å². The summed E-state index contributed by atoms with van der Waals surface area (Å²) < 4.78 is 5.91. The molecule has 0 spiro atoms. The van der Waals surface area contributed by atoms with Crippen molar-refractivity contribution < 1.29 is 19.4 Å². The highest BCUT2D eigenvalue weighted by Gasteiger charge is 2.62. The van der Waals surface area contributed by atoms with Crippen molar-refractivity contribution in [3.8, 4) is 0 Å². The van der Waals surface area contributed by atoms with Gasteiger partial charge in [-0.3, -0.25) is 25.0 Å². The van der Waals surface area contributed by atoms with Gasteiger partial charge in [-0.15, -0.1) is 0 Å². The molecular formula is C20H22N2O6. The molecule has 1 aromatic carbocycles. The molecule has 148 valence electrons. The van der Waals surface area contributed by atoms with E-state index in [1.165, 1.54) is 18.2 Å². The van der Waals surface area contributed by atoms with Crippen LogP contribution in [-0.4, -0.2) is 33.5 Å². The number of carbonyl (C=O) groups excluding carboxylic acids is 1. The van der Waals surface area contributed by atoms with Crippen molar-refractivity contribution in [2.45, 2.75) is 50.0 Å². The van der Waals surface area contributed by atoms with Crippen LogP contribution in [0.2, 0.25) is 0 Å². The van der Waals surface area contributed by atoms with Gasteiger partial charge in [0.1, 0.15) is 16.0 Å². The van der Waals surface area contributed by atoms with E-state index < -0.39 is 27.7 Å². The number of nitrogens with zero attached hydrogens (tertiary/aromatic N) is 2. The maximum Gasteiger partial charge on any atom is 0.506 e. The Kier molecular flexibility index (Phi) is 5.99. The van der Waals surface area contributed by atoms with E-state index in [2.05, 4.69) is 0 Å². The number of benzene rings is 1. The number of hydrogen-bond donors (Lipinski definition) is 0. The van der Waals surface area contributed by atoms with E-state index in [9.17, 15) is 25.0 Å². The molecule has 0 heterocycles. The molecule has 2 aliphatic rings. The monoisotopic (exact) mass is 386 g/mol. The van der Waals surface area contributed by atoms with Crippen LogP contribution in [0.3, 0.4) is 0 Å². The minimum Gasteiger partial charge on any atom is -0.347 e. The van der Waals surface area contributed by atoms with E-state index in [1.54, 1.807) is 30.3 Å². The number of nitro groups is 2. The zero-order chi connectivity index (χ0) is 20.1. The first-order chi connectivity index (χ1) is 13.5. The van der Waals surface area contributed by atoms with E-state index in [0.29, 0.717) is 5.56 Å². The molecule has 1 saturated carbocycles. The van der Waals surface area contributed by atoms with Crippen LogP contribution in [0.4, 0.5) is 0 Å². The normalized spacial score (nSPS) is 22.5. The molecule has 1 aromatic rings. The third-order valence-corrected chi connectivity index (χ3v) is 5.43. The summed E-state index contributed by atoms with van der Waals surface area (Å²) in [4.78, 5) is 34.5. The van der Waals surface area contributed by atoms with Gasteiger partial charge < -0.3 is 4.74 Å². The molecule has 0 bridgehead atoms. The fraction of sp³-hybridized carbons (Fsp3) is 0.450. The number of allylic oxidation sites excluding steroid dienone is 2. The largest absolute Gasteiger partial charge is 0.506 e. The van der Waals surface area contributed by atoms with E-state index in [0.717, 1.165) is 38.2 Å². The Balaban J connectivity index is 1.95.